The fourth-order valence-corrected chi connectivity index (χ4v) is 3.69. The lowest BCUT2D eigenvalue weighted by molar-refractivity contribution is 0.0698. The third kappa shape index (κ3) is 7.09. The number of rotatable bonds is 12. The number of nitrogens with zero attached hydrogens (tertiary/aromatic N) is 2. The van der Waals surface area contributed by atoms with Crippen LogP contribution in [0.5, 0.6) is 5.75 Å². The highest BCUT2D eigenvalue weighted by atomic mass is 16.5. The molecule has 0 aromatic heterocycles. The van der Waals surface area contributed by atoms with E-state index in [0.29, 0.717) is 17.9 Å². The number of carboxylic acid groups (broad SMARTS) is 1. The molecule has 3 aromatic rings. The highest BCUT2D eigenvalue weighted by Crippen LogP contribution is 2.29. The van der Waals surface area contributed by atoms with Gasteiger partial charge in [-0.3, -0.25) is 4.79 Å². The second-order valence-electron chi connectivity index (χ2n) is 8.99. The first kappa shape index (κ1) is 26.8. The van der Waals surface area contributed by atoms with Crippen molar-refractivity contribution < 1.29 is 19.4 Å². The van der Waals surface area contributed by atoms with E-state index in [-0.39, 0.29) is 11.3 Å². The van der Waals surface area contributed by atoms with Gasteiger partial charge < -0.3 is 25.0 Å². The fourth-order valence-electron chi connectivity index (χ4n) is 3.69. The van der Waals surface area contributed by atoms with Gasteiger partial charge in [-0.1, -0.05) is 49.7 Å². The van der Waals surface area contributed by atoms with Crippen molar-refractivity contribution in [1.82, 2.24) is 4.90 Å². The number of unbranched alkanes of at least 4 members (excludes halogenated alkanes) is 1. The van der Waals surface area contributed by atoms with Crippen LogP contribution in [0.25, 0.3) is 11.1 Å². The van der Waals surface area contributed by atoms with Crippen LogP contribution in [0.3, 0.4) is 0 Å². The predicted molar refractivity (Wildman–Crippen MR) is 145 cm³/mol. The zero-order valence-corrected chi connectivity index (χ0v) is 21.5. The molecule has 190 valence electrons. The summed E-state index contributed by atoms with van der Waals surface area (Å²) >= 11 is 0. The Labute approximate surface area is 213 Å². The predicted octanol–water partition coefficient (Wildman–Crippen LogP) is 5.48. The number of aromatic carboxylic acids is 1. The van der Waals surface area contributed by atoms with Gasteiger partial charge in [0, 0.05) is 31.9 Å². The summed E-state index contributed by atoms with van der Waals surface area (Å²) in [6, 6.07) is 20.1. The first-order valence-corrected chi connectivity index (χ1v) is 12.2. The van der Waals surface area contributed by atoms with Gasteiger partial charge in [-0.25, -0.2) is 4.79 Å². The van der Waals surface area contributed by atoms with E-state index in [1.54, 1.807) is 18.2 Å². The number of carbonyl (C=O) groups is 2. The summed E-state index contributed by atoms with van der Waals surface area (Å²) in [7, 11) is 6.06. The van der Waals surface area contributed by atoms with Crippen LogP contribution < -0.4 is 15.0 Å². The van der Waals surface area contributed by atoms with E-state index in [9.17, 15) is 14.7 Å². The molecule has 0 aliphatic carbocycles. The SMILES string of the molecule is CCCCOc1cc(N(C)CCN(C)C)ccc1C(=O)Nc1cc(-c2ccccc2)ccc1C(=O)O. The van der Waals surface area contributed by atoms with Crippen molar-refractivity contribution in [3.63, 3.8) is 0 Å². The number of amides is 1. The molecule has 2 N–H and O–H groups in total. The van der Waals surface area contributed by atoms with Crippen molar-refractivity contribution in [3.05, 3.63) is 77.9 Å². The van der Waals surface area contributed by atoms with Crippen LogP contribution in [0.15, 0.2) is 66.7 Å². The smallest absolute Gasteiger partial charge is 0.337 e. The third-order valence-electron chi connectivity index (χ3n) is 5.89. The van der Waals surface area contributed by atoms with Crippen LogP contribution in [0.2, 0.25) is 0 Å². The summed E-state index contributed by atoms with van der Waals surface area (Å²) in [5, 5.41) is 12.5. The zero-order chi connectivity index (χ0) is 26.1. The Morgan fingerprint density at radius 1 is 0.889 bits per heavy atom. The number of hydrogen-bond acceptors (Lipinski definition) is 5. The number of ether oxygens (including phenoxy) is 1. The summed E-state index contributed by atoms with van der Waals surface area (Å²) in [5.41, 5.74) is 3.30. The molecule has 0 atom stereocenters. The highest BCUT2D eigenvalue weighted by Gasteiger charge is 2.19. The zero-order valence-electron chi connectivity index (χ0n) is 21.5. The molecular formula is C29H35N3O4. The molecule has 0 spiro atoms. The molecule has 3 aromatic carbocycles. The van der Waals surface area contributed by atoms with Gasteiger partial charge in [0.2, 0.25) is 0 Å². The van der Waals surface area contributed by atoms with E-state index >= 15 is 0 Å². The van der Waals surface area contributed by atoms with Crippen LogP contribution in [0, 0.1) is 0 Å². The molecule has 0 saturated carbocycles. The maximum absolute atomic E-state index is 13.4. The number of carboxylic acids is 1. The summed E-state index contributed by atoms with van der Waals surface area (Å²) in [5.74, 6) is -1.05. The average molecular weight is 490 g/mol. The Hall–Kier alpha value is -3.84. The highest BCUT2D eigenvalue weighted by molar-refractivity contribution is 6.09. The van der Waals surface area contributed by atoms with Crippen LogP contribution in [-0.2, 0) is 0 Å². The Balaban J connectivity index is 1.92. The Kier molecular flexibility index (Phi) is 9.47. The molecule has 0 aliphatic rings. The maximum Gasteiger partial charge on any atom is 0.337 e. The molecule has 0 aliphatic heterocycles. The van der Waals surface area contributed by atoms with E-state index in [2.05, 4.69) is 22.0 Å². The summed E-state index contributed by atoms with van der Waals surface area (Å²) in [6.07, 6.45) is 1.84. The Bertz CT molecular complexity index is 1180. The monoisotopic (exact) mass is 489 g/mol. The molecule has 0 heterocycles. The first-order valence-electron chi connectivity index (χ1n) is 12.2. The fraction of sp³-hybridized carbons (Fsp3) is 0.310. The number of anilines is 2. The van der Waals surface area contributed by atoms with E-state index in [1.165, 1.54) is 6.07 Å². The Morgan fingerprint density at radius 3 is 2.28 bits per heavy atom. The lowest BCUT2D eigenvalue weighted by Crippen LogP contribution is -2.28. The lowest BCUT2D eigenvalue weighted by atomic mass is 10.0. The second-order valence-corrected chi connectivity index (χ2v) is 8.99. The molecule has 7 nitrogen and oxygen atoms in total. The standard InChI is InChI=1S/C29H35N3O4/c1-5-6-18-36-27-20-23(32(4)17-16-31(2)3)13-15-25(27)28(33)30-26-19-22(12-14-24(26)29(34)35)21-10-8-7-9-11-21/h7-15,19-20H,5-6,16-18H2,1-4H3,(H,30,33)(H,34,35). The minimum atomic E-state index is -1.11. The molecule has 36 heavy (non-hydrogen) atoms. The van der Waals surface area contributed by atoms with Crippen LogP contribution in [0.4, 0.5) is 11.4 Å². The minimum Gasteiger partial charge on any atom is -0.493 e. The van der Waals surface area contributed by atoms with Gasteiger partial charge in [-0.2, -0.15) is 0 Å². The lowest BCUT2D eigenvalue weighted by Gasteiger charge is -2.23. The molecule has 0 unspecified atom stereocenters. The molecule has 3 rings (SSSR count). The van der Waals surface area contributed by atoms with E-state index < -0.39 is 11.9 Å². The van der Waals surface area contributed by atoms with Gasteiger partial charge in [0.05, 0.1) is 23.4 Å². The molecule has 0 radical (unpaired) electrons. The maximum atomic E-state index is 13.4. The van der Waals surface area contributed by atoms with Gasteiger partial charge in [0.1, 0.15) is 5.75 Å². The number of nitrogens with one attached hydrogen (secondary N) is 1. The topological polar surface area (TPSA) is 82.1 Å². The molecule has 0 saturated heterocycles. The summed E-state index contributed by atoms with van der Waals surface area (Å²) in [6.45, 7) is 4.28. The normalized spacial score (nSPS) is 10.8. The number of benzene rings is 3. The average Bonchev–Trinajstić information content (AvgIpc) is 2.87. The van der Waals surface area contributed by atoms with Crippen molar-refractivity contribution in [2.24, 2.45) is 0 Å². The minimum absolute atomic E-state index is 0.0246. The van der Waals surface area contributed by atoms with Crippen LogP contribution in [-0.4, -0.2) is 62.7 Å². The largest absolute Gasteiger partial charge is 0.493 e. The molecule has 0 bridgehead atoms. The van der Waals surface area contributed by atoms with Gasteiger partial charge >= 0.3 is 5.97 Å². The molecule has 7 heteroatoms. The Morgan fingerprint density at radius 2 is 1.61 bits per heavy atom. The van der Waals surface area contributed by atoms with Gasteiger partial charge in [0.25, 0.3) is 5.91 Å². The van der Waals surface area contributed by atoms with E-state index in [4.69, 9.17) is 4.74 Å². The number of carbonyl (C=O) groups excluding carboxylic acids is 1. The van der Waals surface area contributed by atoms with Crippen molar-refractivity contribution in [3.8, 4) is 16.9 Å². The quantitative estimate of drug-likeness (QED) is 0.328. The molecular weight excluding hydrogens is 454 g/mol. The van der Waals surface area contributed by atoms with Gasteiger partial charge in [0.15, 0.2) is 0 Å². The van der Waals surface area contributed by atoms with Crippen molar-refractivity contribution in [1.29, 1.82) is 0 Å². The van der Waals surface area contributed by atoms with Crippen molar-refractivity contribution in [2.45, 2.75) is 19.8 Å². The summed E-state index contributed by atoms with van der Waals surface area (Å²) < 4.78 is 6.01. The summed E-state index contributed by atoms with van der Waals surface area (Å²) in [4.78, 5) is 29.5. The molecule has 0 fully saturated rings. The second kappa shape index (κ2) is 12.7. The first-order chi connectivity index (χ1) is 17.3. The van der Waals surface area contributed by atoms with Crippen LogP contribution >= 0.6 is 0 Å². The van der Waals surface area contributed by atoms with Crippen molar-refractivity contribution in [2.75, 3.05) is 51.1 Å². The van der Waals surface area contributed by atoms with E-state index in [1.807, 2.05) is 63.6 Å². The number of hydrogen-bond donors (Lipinski definition) is 2. The number of likely N-dealkylation sites (N-methyl/N-ethyl adjacent to an activating group) is 2. The molecule has 1 amide bonds. The van der Waals surface area contributed by atoms with Gasteiger partial charge in [-0.15, -0.1) is 0 Å². The van der Waals surface area contributed by atoms with Crippen LogP contribution in [0.1, 0.15) is 40.5 Å². The van der Waals surface area contributed by atoms with E-state index in [0.717, 1.165) is 42.7 Å². The third-order valence-corrected chi connectivity index (χ3v) is 5.89. The van der Waals surface area contributed by atoms with Gasteiger partial charge in [-0.05, 0) is 55.9 Å². The van der Waals surface area contributed by atoms with Crippen molar-refractivity contribution >= 4 is 23.3 Å².